The molecule has 194 valence electrons. The first-order chi connectivity index (χ1) is 17.8. The molecule has 4 saturated carbocycles. The number of hydroxylamine groups is 2. The van der Waals surface area contributed by atoms with E-state index in [2.05, 4.69) is 4.57 Å². The maximum atomic E-state index is 13.4. The van der Waals surface area contributed by atoms with Crippen LogP contribution in [0.3, 0.4) is 0 Å². The highest BCUT2D eigenvalue weighted by Gasteiger charge is 2.51. The number of carbonyl (C=O) groups is 2. The monoisotopic (exact) mass is 501 g/mol. The quantitative estimate of drug-likeness (QED) is 0.326. The summed E-state index contributed by atoms with van der Waals surface area (Å²) in [5.74, 6) is 1.94. The number of hydrogen-bond donors (Lipinski definition) is 2. The smallest absolute Gasteiger partial charge is 0.281 e. The minimum Gasteiger partial charge on any atom is -0.493 e. The van der Waals surface area contributed by atoms with Crippen LogP contribution in [0, 0.1) is 23.2 Å². The van der Waals surface area contributed by atoms with Crippen LogP contribution < -0.4 is 10.5 Å². The molecule has 0 saturated heterocycles. The summed E-state index contributed by atoms with van der Waals surface area (Å²) in [4.78, 5) is 24.9. The van der Waals surface area contributed by atoms with E-state index in [9.17, 15) is 14.8 Å². The second-order valence-corrected chi connectivity index (χ2v) is 11.6. The number of amides is 2. The van der Waals surface area contributed by atoms with Crippen molar-refractivity contribution in [2.45, 2.75) is 52.0 Å². The summed E-state index contributed by atoms with van der Waals surface area (Å²) < 4.78 is 7.95. The van der Waals surface area contributed by atoms with Gasteiger partial charge in [0.1, 0.15) is 5.75 Å². The minimum atomic E-state index is -0.447. The Hall–Kier alpha value is -3.32. The zero-order valence-electron chi connectivity index (χ0n) is 21.4. The van der Waals surface area contributed by atoms with Crippen molar-refractivity contribution >= 4 is 22.7 Å². The fourth-order valence-electron chi connectivity index (χ4n) is 7.82. The zero-order chi connectivity index (χ0) is 25.7. The van der Waals surface area contributed by atoms with Gasteiger partial charge in [-0.1, -0.05) is 6.07 Å². The van der Waals surface area contributed by atoms with Gasteiger partial charge in [0.25, 0.3) is 5.91 Å². The zero-order valence-corrected chi connectivity index (χ0v) is 21.4. The summed E-state index contributed by atoms with van der Waals surface area (Å²) >= 11 is 0. The molecule has 4 aliphatic rings. The third-order valence-electron chi connectivity index (χ3n) is 8.87. The molecular formula is C30H35N3O4. The molecule has 0 radical (unpaired) electrons. The van der Waals surface area contributed by atoms with Crippen molar-refractivity contribution in [3.8, 4) is 5.75 Å². The predicted molar refractivity (Wildman–Crippen MR) is 141 cm³/mol. The molecule has 4 fully saturated rings. The lowest BCUT2D eigenvalue weighted by molar-refractivity contribution is -0.129. The normalized spacial score (nSPS) is 25.9. The second kappa shape index (κ2) is 9.21. The summed E-state index contributed by atoms with van der Waals surface area (Å²) in [7, 11) is 0. The molecule has 37 heavy (non-hydrogen) atoms. The lowest BCUT2D eigenvalue weighted by Gasteiger charge is -2.57. The summed E-state index contributed by atoms with van der Waals surface area (Å²) in [6, 6.07) is 12.9. The molecule has 3 aromatic rings. The van der Waals surface area contributed by atoms with Crippen LogP contribution in [-0.2, 0) is 6.54 Å². The highest BCUT2D eigenvalue weighted by molar-refractivity contribution is 5.97. The summed E-state index contributed by atoms with van der Waals surface area (Å²) in [6.07, 6.45) is 9.35. The molecule has 1 heterocycles. The Bertz CT molecular complexity index is 1320. The van der Waals surface area contributed by atoms with Crippen LogP contribution in [0.15, 0.2) is 48.7 Å². The third-order valence-corrected chi connectivity index (χ3v) is 8.87. The first-order valence-corrected chi connectivity index (χ1v) is 13.5. The molecule has 0 unspecified atom stereocenters. The Morgan fingerprint density at radius 2 is 1.76 bits per heavy atom. The highest BCUT2D eigenvalue weighted by Crippen LogP contribution is 2.60. The number of aromatic nitrogens is 1. The van der Waals surface area contributed by atoms with Crippen molar-refractivity contribution < 1.29 is 19.5 Å². The number of rotatable bonds is 8. The fraction of sp³-hybridized carbons (Fsp3) is 0.467. The number of nitrogens with zero attached hydrogens (tertiary/aromatic N) is 2. The molecule has 0 atom stereocenters. The number of ether oxygens (including phenoxy) is 1. The van der Waals surface area contributed by atoms with Crippen molar-refractivity contribution in [1.29, 1.82) is 0 Å². The highest BCUT2D eigenvalue weighted by atomic mass is 16.5. The Labute approximate surface area is 217 Å². The molecule has 0 spiro atoms. The molecule has 2 amide bonds. The minimum absolute atomic E-state index is 0.0642. The maximum absolute atomic E-state index is 13.4. The molecule has 7 heteroatoms. The largest absolute Gasteiger partial charge is 0.493 e. The average molecular weight is 502 g/mol. The Morgan fingerprint density at radius 3 is 2.41 bits per heavy atom. The van der Waals surface area contributed by atoms with Gasteiger partial charge in [0.15, 0.2) is 0 Å². The number of primary amides is 1. The van der Waals surface area contributed by atoms with E-state index in [1.54, 1.807) is 18.2 Å². The van der Waals surface area contributed by atoms with E-state index in [0.717, 1.165) is 58.5 Å². The Balaban J connectivity index is 1.21. The van der Waals surface area contributed by atoms with E-state index in [-0.39, 0.29) is 5.41 Å². The lowest BCUT2D eigenvalue weighted by atomic mass is 9.49. The van der Waals surface area contributed by atoms with Gasteiger partial charge in [-0.15, -0.1) is 0 Å². The second-order valence-electron chi connectivity index (χ2n) is 11.6. The van der Waals surface area contributed by atoms with E-state index in [1.165, 1.54) is 19.3 Å². The van der Waals surface area contributed by atoms with Gasteiger partial charge < -0.3 is 15.0 Å². The topological polar surface area (TPSA) is 97.8 Å². The van der Waals surface area contributed by atoms with Gasteiger partial charge in [0, 0.05) is 29.2 Å². The van der Waals surface area contributed by atoms with E-state index < -0.39 is 11.8 Å². The van der Waals surface area contributed by atoms with Crippen molar-refractivity contribution in [2.24, 2.45) is 28.9 Å². The first kappa shape index (κ1) is 24.0. The number of hydrogen-bond acceptors (Lipinski definition) is 4. The van der Waals surface area contributed by atoms with Crippen LogP contribution in [0.4, 0.5) is 0 Å². The molecule has 2 aromatic carbocycles. The van der Waals surface area contributed by atoms with Crippen molar-refractivity contribution in [3.05, 3.63) is 65.4 Å². The number of fused-ring (bicyclic) bond motifs is 1. The van der Waals surface area contributed by atoms with E-state index in [4.69, 9.17) is 10.5 Å². The third kappa shape index (κ3) is 4.50. The van der Waals surface area contributed by atoms with Crippen LogP contribution in [0.25, 0.3) is 10.9 Å². The van der Waals surface area contributed by atoms with Crippen LogP contribution >= 0.6 is 0 Å². The van der Waals surface area contributed by atoms with Gasteiger partial charge in [-0.3, -0.25) is 14.8 Å². The molecule has 0 aliphatic heterocycles. The van der Waals surface area contributed by atoms with Crippen LogP contribution in [0.1, 0.15) is 71.7 Å². The average Bonchev–Trinajstić information content (AvgIpc) is 3.25. The molecule has 4 aliphatic carbocycles. The van der Waals surface area contributed by atoms with Gasteiger partial charge >= 0.3 is 0 Å². The molecule has 3 N–H and O–H groups in total. The van der Waals surface area contributed by atoms with E-state index in [0.29, 0.717) is 36.6 Å². The van der Waals surface area contributed by atoms with Gasteiger partial charge in [-0.2, -0.15) is 0 Å². The molecule has 7 nitrogen and oxygen atoms in total. The summed E-state index contributed by atoms with van der Waals surface area (Å²) in [5, 5.41) is 12.9. The summed E-state index contributed by atoms with van der Waals surface area (Å²) in [5.41, 5.74) is 8.31. The SMILES string of the molecule is CCOc1cc(Cn2ccc3cc(C(N)=O)ccc32)ccc1C(=O)N(O)CC12CC3CC(CC(C3)C1)C2. The number of carbonyl (C=O) groups excluding carboxylic acids is 2. The van der Waals surface area contributed by atoms with Crippen molar-refractivity contribution in [3.63, 3.8) is 0 Å². The van der Waals surface area contributed by atoms with Crippen LogP contribution in [-0.4, -0.2) is 39.8 Å². The van der Waals surface area contributed by atoms with Gasteiger partial charge in [0.2, 0.25) is 5.91 Å². The van der Waals surface area contributed by atoms with Gasteiger partial charge in [-0.05, 0) is 111 Å². The Kier molecular flexibility index (Phi) is 5.98. The predicted octanol–water partition coefficient (Wildman–Crippen LogP) is 5.24. The molecule has 1 aromatic heterocycles. The first-order valence-electron chi connectivity index (χ1n) is 13.5. The van der Waals surface area contributed by atoms with E-state index >= 15 is 0 Å². The lowest BCUT2D eigenvalue weighted by Crippen LogP contribution is -2.51. The van der Waals surface area contributed by atoms with E-state index in [1.807, 2.05) is 37.4 Å². The van der Waals surface area contributed by atoms with Crippen molar-refractivity contribution in [1.82, 2.24) is 9.63 Å². The summed E-state index contributed by atoms with van der Waals surface area (Å²) in [6.45, 7) is 3.30. The molecule has 7 rings (SSSR count). The van der Waals surface area contributed by atoms with Crippen LogP contribution in [0.5, 0.6) is 5.75 Å². The number of nitrogens with two attached hydrogens (primary N) is 1. The van der Waals surface area contributed by atoms with Crippen molar-refractivity contribution in [2.75, 3.05) is 13.2 Å². The maximum Gasteiger partial charge on any atom is 0.281 e. The standard InChI is InChI=1S/C30H35N3O4/c1-2-37-27-12-19(17-32-8-7-23-13-24(28(31)34)4-6-26(23)32)3-5-25(27)29(35)33(36)18-30-14-20-9-21(15-30)11-22(10-20)16-30/h3-8,12-13,20-22,36H,2,9-11,14-18H2,1H3,(H2,31,34). The molecule has 4 bridgehead atoms. The fourth-order valence-corrected chi connectivity index (χ4v) is 7.82. The van der Waals surface area contributed by atoms with Gasteiger partial charge in [-0.25, -0.2) is 5.06 Å². The Morgan fingerprint density at radius 1 is 1.05 bits per heavy atom. The van der Waals surface area contributed by atoms with Crippen LogP contribution in [0.2, 0.25) is 0 Å². The number of benzene rings is 2. The van der Waals surface area contributed by atoms with Gasteiger partial charge in [0.05, 0.1) is 18.7 Å². The molecular weight excluding hydrogens is 466 g/mol.